The number of hydrogen-bond acceptors (Lipinski definition) is 7. The minimum atomic E-state index is -1.09. The summed E-state index contributed by atoms with van der Waals surface area (Å²) in [6.45, 7) is 1.40. The highest BCUT2D eigenvalue weighted by Gasteiger charge is 2.25. The van der Waals surface area contributed by atoms with Crippen LogP contribution in [0.4, 0.5) is 29.7 Å². The molecule has 4 N–H and O–H groups in total. The van der Waals surface area contributed by atoms with Gasteiger partial charge in [-0.1, -0.05) is 17.4 Å². The number of carbonyl (C=O) groups is 1. The number of hydrogen-bond donors (Lipinski definition) is 3. The Bertz CT molecular complexity index is 1100. The standard InChI is InChI=1S/C19H20F3N7OS/c1-28-19(29-7-5-13(22)24-6-8-29)12(9-25-28)26-17(30)15-16(23)31-18(27-15)14-10(20)3-2-4-11(14)21/h2-4,9,13,24H,5-8,23H2,1H3,(H,26,30). The van der Waals surface area contributed by atoms with Crippen molar-refractivity contribution in [1.82, 2.24) is 20.1 Å². The molecule has 1 aromatic carbocycles. The van der Waals surface area contributed by atoms with E-state index in [1.807, 2.05) is 4.90 Å². The fourth-order valence-corrected chi connectivity index (χ4v) is 4.31. The lowest BCUT2D eigenvalue weighted by Crippen LogP contribution is -2.30. The van der Waals surface area contributed by atoms with E-state index in [4.69, 9.17) is 5.73 Å². The Kier molecular flexibility index (Phi) is 5.83. The number of thiazole rings is 1. The van der Waals surface area contributed by atoms with Crippen LogP contribution >= 0.6 is 11.3 Å². The van der Waals surface area contributed by atoms with E-state index < -0.39 is 23.8 Å². The Hall–Kier alpha value is -3.12. The fourth-order valence-electron chi connectivity index (χ4n) is 3.43. The molecule has 3 heterocycles. The van der Waals surface area contributed by atoms with Crippen molar-refractivity contribution in [2.24, 2.45) is 7.05 Å². The third kappa shape index (κ3) is 4.21. The summed E-state index contributed by atoms with van der Waals surface area (Å²) in [5.41, 5.74) is 5.85. The molecule has 0 spiro atoms. The fraction of sp³-hybridized carbons (Fsp3) is 0.316. The van der Waals surface area contributed by atoms with Crippen molar-refractivity contribution < 1.29 is 18.0 Å². The normalized spacial score (nSPS) is 16.9. The zero-order chi connectivity index (χ0) is 22.1. The summed E-state index contributed by atoms with van der Waals surface area (Å²) < 4.78 is 43.4. The molecule has 12 heteroatoms. The third-order valence-corrected chi connectivity index (χ3v) is 5.80. The zero-order valence-electron chi connectivity index (χ0n) is 16.5. The number of alkyl halides is 1. The molecule has 3 aromatic rings. The second-order valence-electron chi connectivity index (χ2n) is 6.99. The number of halogens is 3. The molecule has 0 aliphatic carbocycles. The van der Waals surface area contributed by atoms with Crippen LogP contribution in [-0.4, -0.2) is 46.6 Å². The van der Waals surface area contributed by atoms with Crippen LogP contribution in [0.5, 0.6) is 0 Å². The van der Waals surface area contributed by atoms with Crippen molar-refractivity contribution in [2.75, 3.05) is 35.6 Å². The van der Waals surface area contributed by atoms with Crippen LogP contribution in [0.2, 0.25) is 0 Å². The average Bonchev–Trinajstić information content (AvgIpc) is 3.19. The second-order valence-corrected chi connectivity index (χ2v) is 8.02. The lowest BCUT2D eigenvalue weighted by molar-refractivity contribution is 0.102. The number of aromatic nitrogens is 3. The zero-order valence-corrected chi connectivity index (χ0v) is 17.3. The number of anilines is 3. The van der Waals surface area contributed by atoms with E-state index in [0.29, 0.717) is 31.1 Å². The van der Waals surface area contributed by atoms with Crippen LogP contribution in [-0.2, 0) is 7.05 Å². The Balaban J connectivity index is 1.60. The molecule has 31 heavy (non-hydrogen) atoms. The summed E-state index contributed by atoms with van der Waals surface area (Å²) in [6.07, 6.45) is 0.663. The van der Waals surface area contributed by atoms with Gasteiger partial charge in [0.05, 0.1) is 11.8 Å². The van der Waals surface area contributed by atoms with Crippen molar-refractivity contribution >= 4 is 33.8 Å². The minimum Gasteiger partial charge on any atom is -0.389 e. The highest BCUT2D eigenvalue weighted by atomic mass is 32.1. The van der Waals surface area contributed by atoms with Crippen molar-refractivity contribution in [3.63, 3.8) is 0 Å². The highest BCUT2D eigenvalue weighted by molar-refractivity contribution is 7.19. The summed E-state index contributed by atoms with van der Waals surface area (Å²) in [5.74, 6) is -1.62. The molecule has 164 valence electrons. The topological polar surface area (TPSA) is 101 Å². The van der Waals surface area contributed by atoms with Gasteiger partial charge in [-0.3, -0.25) is 14.8 Å². The summed E-state index contributed by atoms with van der Waals surface area (Å²) >= 11 is 0.820. The van der Waals surface area contributed by atoms with Crippen LogP contribution in [0.15, 0.2) is 24.4 Å². The minimum absolute atomic E-state index is 0.0276. The first-order chi connectivity index (χ1) is 14.8. The molecule has 1 saturated heterocycles. The van der Waals surface area contributed by atoms with Crippen molar-refractivity contribution in [1.29, 1.82) is 0 Å². The molecule has 1 atom stereocenters. The Morgan fingerprint density at radius 2 is 2.06 bits per heavy atom. The molecule has 2 aromatic heterocycles. The Morgan fingerprint density at radius 1 is 1.32 bits per heavy atom. The van der Waals surface area contributed by atoms with Gasteiger partial charge in [-0.15, -0.1) is 0 Å². The van der Waals surface area contributed by atoms with Crippen molar-refractivity contribution in [3.05, 3.63) is 41.7 Å². The monoisotopic (exact) mass is 451 g/mol. The van der Waals surface area contributed by atoms with Crippen LogP contribution in [0.3, 0.4) is 0 Å². The number of carbonyl (C=O) groups excluding carboxylic acids is 1. The summed E-state index contributed by atoms with van der Waals surface area (Å²) in [6, 6.07) is 3.46. The predicted molar refractivity (Wildman–Crippen MR) is 113 cm³/mol. The molecular weight excluding hydrogens is 431 g/mol. The van der Waals surface area contributed by atoms with Gasteiger partial charge < -0.3 is 16.0 Å². The van der Waals surface area contributed by atoms with Crippen LogP contribution in [0.25, 0.3) is 10.6 Å². The highest BCUT2D eigenvalue weighted by Crippen LogP contribution is 2.34. The first-order valence-electron chi connectivity index (χ1n) is 9.51. The van der Waals surface area contributed by atoms with Gasteiger partial charge in [0.25, 0.3) is 5.91 Å². The SMILES string of the molecule is Cn1ncc(NC(=O)c2nc(-c3c(F)cccc3F)sc2N)c1N1CCNC(F)CC1. The van der Waals surface area contributed by atoms with Gasteiger partial charge in [0.15, 0.2) is 17.8 Å². The van der Waals surface area contributed by atoms with Crippen LogP contribution in [0.1, 0.15) is 16.9 Å². The van der Waals surface area contributed by atoms with Gasteiger partial charge in [-0.05, 0) is 12.1 Å². The quantitative estimate of drug-likeness (QED) is 0.528. The lowest BCUT2D eigenvalue weighted by Gasteiger charge is -2.23. The molecule has 1 unspecified atom stereocenters. The third-order valence-electron chi connectivity index (χ3n) is 4.90. The van der Waals surface area contributed by atoms with E-state index in [1.165, 1.54) is 12.3 Å². The van der Waals surface area contributed by atoms with Crippen LogP contribution in [0, 0.1) is 11.6 Å². The van der Waals surface area contributed by atoms with Gasteiger partial charge in [0, 0.05) is 33.1 Å². The number of nitrogens with zero attached hydrogens (tertiary/aromatic N) is 4. The Morgan fingerprint density at radius 3 is 2.81 bits per heavy atom. The largest absolute Gasteiger partial charge is 0.389 e. The molecule has 1 aliphatic rings. The summed E-state index contributed by atoms with van der Waals surface area (Å²) in [7, 11) is 1.71. The molecule has 0 bridgehead atoms. The molecule has 4 rings (SSSR count). The van der Waals surface area contributed by atoms with Gasteiger partial charge in [-0.2, -0.15) is 5.10 Å². The molecule has 8 nitrogen and oxygen atoms in total. The maximum atomic E-state index is 14.1. The number of benzene rings is 1. The first-order valence-corrected chi connectivity index (χ1v) is 10.3. The van der Waals surface area contributed by atoms with Gasteiger partial charge in [0.2, 0.25) is 0 Å². The molecule has 1 fully saturated rings. The van der Waals surface area contributed by atoms with Gasteiger partial charge in [-0.25, -0.2) is 18.2 Å². The van der Waals surface area contributed by atoms with E-state index >= 15 is 0 Å². The van der Waals surface area contributed by atoms with Crippen molar-refractivity contribution in [3.8, 4) is 10.6 Å². The maximum Gasteiger partial charge on any atom is 0.277 e. The molecule has 1 aliphatic heterocycles. The number of aryl methyl sites for hydroxylation is 1. The van der Waals surface area contributed by atoms with E-state index in [-0.39, 0.29) is 27.7 Å². The maximum absolute atomic E-state index is 14.1. The van der Waals surface area contributed by atoms with E-state index in [9.17, 15) is 18.0 Å². The van der Waals surface area contributed by atoms with Gasteiger partial charge in [0.1, 0.15) is 27.3 Å². The average molecular weight is 451 g/mol. The number of nitrogens with one attached hydrogen (secondary N) is 2. The number of nitrogen functional groups attached to an aromatic ring is 1. The second kappa shape index (κ2) is 8.55. The van der Waals surface area contributed by atoms with E-state index in [2.05, 4.69) is 20.7 Å². The molecule has 1 amide bonds. The Labute approximate surface area is 179 Å². The molecule has 0 radical (unpaired) electrons. The predicted octanol–water partition coefficient (Wildman–Crippen LogP) is 2.75. The number of nitrogens with two attached hydrogens (primary N) is 1. The van der Waals surface area contributed by atoms with Crippen LogP contribution < -0.4 is 21.3 Å². The molecular formula is C19H20F3N7OS. The summed E-state index contributed by atoms with van der Waals surface area (Å²) in [4.78, 5) is 18.8. The smallest absolute Gasteiger partial charge is 0.277 e. The van der Waals surface area contributed by atoms with Gasteiger partial charge >= 0.3 is 0 Å². The number of amides is 1. The first kappa shape index (κ1) is 21.1. The lowest BCUT2D eigenvalue weighted by atomic mass is 10.2. The number of rotatable bonds is 4. The van der Waals surface area contributed by atoms with E-state index in [1.54, 1.807) is 11.7 Å². The molecule has 0 saturated carbocycles. The van der Waals surface area contributed by atoms with E-state index in [0.717, 1.165) is 23.5 Å². The van der Waals surface area contributed by atoms with Crippen molar-refractivity contribution in [2.45, 2.75) is 12.7 Å². The summed E-state index contributed by atoms with van der Waals surface area (Å²) in [5, 5.41) is 9.66.